The minimum atomic E-state index is -1.63. The zero-order valence-corrected chi connectivity index (χ0v) is 50.5. The highest BCUT2D eigenvalue weighted by Gasteiger charge is 2.59. The van der Waals surface area contributed by atoms with Crippen molar-refractivity contribution >= 4 is 35.0 Å². The lowest BCUT2D eigenvalue weighted by atomic mass is 9.77. The quantitative estimate of drug-likeness (QED) is 0.0921. The Hall–Kier alpha value is -4.33. The number of carbonyl (C=O) groups excluding carboxylic acids is 3. The number of aromatic nitrogens is 1. The van der Waals surface area contributed by atoms with E-state index in [1.54, 1.807) is 45.3 Å². The van der Waals surface area contributed by atoms with E-state index in [2.05, 4.69) is 5.32 Å². The monoisotopic (exact) mass is 1140 g/mol. The summed E-state index contributed by atoms with van der Waals surface area (Å²) in [5.74, 6) is -4.56. The number of nitrogens with zero attached hydrogens (tertiary/aromatic N) is 3. The molecule has 2 aromatic rings. The molecule has 0 amide bonds. The first-order valence-electron chi connectivity index (χ1n) is 28.9. The number of esters is 2. The molecule has 4 N–H and O–H groups in total. The van der Waals surface area contributed by atoms with Crippen molar-refractivity contribution in [3.8, 4) is 0 Å². The number of likely N-dealkylation sites (N-methyl/N-ethyl adjacent to an activating group) is 2. The SMILES string of the molecule is CC[C@H]1OC(=O)[C@H](C)[C@H](O[C@H]2C[C@@](C)(OC)[C@@H](OC(=O)CCNCCCc3cc4c5c(c3)c(=O)c(C(=O)O)cn5C(C)(C)OC4)[C@H](C)O2)[C@H](C)[C@H](O[C@@H]2O[C@H](C)C[C@H](N(C)C)[C@H]2O)[C@](C)(O)C[C@@H](C)CN(C)[C@H](C)[C@@H]2OC(=O)O[C@]12C. The fourth-order valence-electron chi connectivity index (χ4n) is 13.3. The van der Waals surface area contributed by atoms with Gasteiger partial charge in [0.2, 0.25) is 5.43 Å². The number of pyridine rings is 1. The van der Waals surface area contributed by atoms with Crippen molar-refractivity contribution in [3.05, 3.63) is 45.2 Å². The van der Waals surface area contributed by atoms with E-state index in [-0.39, 0.29) is 55.9 Å². The summed E-state index contributed by atoms with van der Waals surface area (Å²) in [6.07, 6.45) is -6.50. The van der Waals surface area contributed by atoms with Gasteiger partial charge in [0.25, 0.3) is 0 Å². The first-order valence-corrected chi connectivity index (χ1v) is 28.9. The average Bonchev–Trinajstić information content (AvgIpc) is 3.70. The molecular weight excluding hydrogens is 1050 g/mol. The van der Waals surface area contributed by atoms with E-state index < -0.39 is 125 Å². The Morgan fingerprint density at radius 1 is 0.938 bits per heavy atom. The van der Waals surface area contributed by atoms with Gasteiger partial charge in [-0.1, -0.05) is 26.8 Å². The van der Waals surface area contributed by atoms with Gasteiger partial charge in [0.1, 0.15) is 29.1 Å². The van der Waals surface area contributed by atoms with Crippen molar-refractivity contribution in [2.75, 3.05) is 47.9 Å². The summed E-state index contributed by atoms with van der Waals surface area (Å²) in [5.41, 5.74) is -3.53. The maximum Gasteiger partial charge on any atom is 0.509 e. The molecule has 6 heterocycles. The molecule has 5 aliphatic heterocycles. The number of carbonyl (C=O) groups is 4. The molecule has 0 unspecified atom stereocenters. The Bertz CT molecular complexity index is 2630. The van der Waals surface area contributed by atoms with Crippen LogP contribution >= 0.6 is 0 Å². The van der Waals surface area contributed by atoms with Crippen molar-refractivity contribution in [3.63, 3.8) is 0 Å². The van der Waals surface area contributed by atoms with E-state index in [1.165, 1.54) is 13.3 Å². The first kappa shape index (κ1) is 64.2. The molecule has 4 fully saturated rings. The lowest BCUT2D eigenvalue weighted by molar-refractivity contribution is -0.318. The molecule has 22 heteroatoms. The number of aliphatic hydroxyl groups excluding tert-OH is 1. The average molecular weight is 1150 g/mol. The van der Waals surface area contributed by atoms with Gasteiger partial charge in [-0.3, -0.25) is 19.3 Å². The molecule has 456 valence electrons. The lowest BCUT2D eigenvalue weighted by Gasteiger charge is -2.49. The van der Waals surface area contributed by atoms with Crippen LogP contribution in [0.2, 0.25) is 0 Å². The Balaban J connectivity index is 1.07. The molecule has 22 nitrogen and oxygen atoms in total. The van der Waals surface area contributed by atoms with Crippen LogP contribution in [-0.2, 0) is 75.7 Å². The predicted molar refractivity (Wildman–Crippen MR) is 296 cm³/mol. The summed E-state index contributed by atoms with van der Waals surface area (Å²) in [5, 5.41) is 38.1. The summed E-state index contributed by atoms with van der Waals surface area (Å²) >= 11 is 0. The second-order valence-corrected chi connectivity index (χ2v) is 25.1. The van der Waals surface area contributed by atoms with Crippen LogP contribution in [0.25, 0.3) is 10.9 Å². The van der Waals surface area contributed by atoms with Gasteiger partial charge >= 0.3 is 24.1 Å². The maximum atomic E-state index is 14.8. The van der Waals surface area contributed by atoms with E-state index in [4.69, 9.17) is 47.4 Å². The highest BCUT2D eigenvalue weighted by atomic mass is 16.8. The molecule has 1 aromatic heterocycles. The third-order valence-electron chi connectivity index (χ3n) is 17.8. The zero-order chi connectivity index (χ0) is 59.8. The van der Waals surface area contributed by atoms with Gasteiger partial charge in [-0.25, -0.2) is 9.59 Å². The van der Waals surface area contributed by atoms with Crippen LogP contribution in [-0.4, -0.2) is 192 Å². The molecular formula is C59H92N4O18. The van der Waals surface area contributed by atoms with E-state index in [0.717, 1.165) is 11.1 Å². The molecule has 0 bridgehead atoms. The second kappa shape index (κ2) is 25.5. The fourth-order valence-corrected chi connectivity index (χ4v) is 13.3. The first-order chi connectivity index (χ1) is 37.9. The summed E-state index contributed by atoms with van der Waals surface area (Å²) in [6.45, 7) is 23.3. The van der Waals surface area contributed by atoms with Crippen molar-refractivity contribution in [2.24, 2.45) is 17.8 Å². The van der Waals surface area contributed by atoms with E-state index in [0.29, 0.717) is 49.8 Å². The number of fused-ring (bicyclic) bond motifs is 1. The smallest absolute Gasteiger partial charge is 0.477 e. The molecule has 18 atom stereocenters. The minimum absolute atomic E-state index is 0.0272. The number of hydrogen-bond acceptors (Lipinski definition) is 20. The van der Waals surface area contributed by atoms with Gasteiger partial charge in [0.05, 0.1) is 54.5 Å². The van der Waals surface area contributed by atoms with Crippen LogP contribution in [0.3, 0.4) is 0 Å². The Labute approximate surface area is 476 Å². The number of methoxy groups -OCH3 is 1. The lowest BCUT2D eigenvalue weighted by Crippen LogP contribution is -2.61. The number of rotatable bonds is 16. The van der Waals surface area contributed by atoms with E-state index >= 15 is 0 Å². The Morgan fingerprint density at radius 3 is 2.30 bits per heavy atom. The topological polar surface area (TPSA) is 262 Å². The highest BCUT2D eigenvalue weighted by Crippen LogP contribution is 2.43. The van der Waals surface area contributed by atoms with Gasteiger partial charge in [-0.05, 0) is 140 Å². The van der Waals surface area contributed by atoms with Crippen LogP contribution < -0.4 is 10.7 Å². The molecule has 5 aliphatic rings. The number of nitrogens with one attached hydrogen (secondary N) is 1. The number of benzene rings is 1. The van der Waals surface area contributed by atoms with Crippen molar-refractivity contribution < 1.29 is 81.9 Å². The molecule has 81 heavy (non-hydrogen) atoms. The van der Waals surface area contributed by atoms with Gasteiger partial charge in [-0.2, -0.15) is 0 Å². The maximum absolute atomic E-state index is 14.8. The standard InChI is InChI=1S/C59H92N4O18/c1-17-42-59(12)50(80-55(70)81-59)35(6)62(15)28-31(2)26-57(10,71)49(79-54-47(66)41(61(13)14)23-32(3)74-54)33(4)48(34(5)53(69)76-42)78-44-27-58(11,72-16)51(36(7)75-44)77-43(64)20-22-60-21-18-19-37-24-38-30-73-56(8,9)63-29-40(52(67)68)46(65)39(25-37)45(38)63/h24-25,29,31-36,41-42,44,47-51,54,60,66,71H,17-23,26-28,30H2,1-16H3,(H,67,68)/t31-,32-,33+,34-,35-,36+,41+,42-,44+,47-,48-,49+,50+,51+,54+,57-,58-,59-/m1/s1. The zero-order valence-electron chi connectivity index (χ0n) is 50.5. The molecule has 0 radical (unpaired) electrons. The van der Waals surface area contributed by atoms with E-state index in [1.807, 2.05) is 85.5 Å². The number of cyclic esters (lactones) is 1. The molecule has 0 saturated carbocycles. The van der Waals surface area contributed by atoms with E-state index in [9.17, 15) is 39.3 Å². The molecule has 4 saturated heterocycles. The number of hydrogen-bond donors (Lipinski definition) is 4. The number of carboxylic acids is 1. The third-order valence-corrected chi connectivity index (χ3v) is 17.8. The Kier molecular flexibility index (Phi) is 20.2. The second-order valence-electron chi connectivity index (χ2n) is 25.1. The normalized spacial score (nSPS) is 37.8. The number of aliphatic hydroxyl groups is 2. The van der Waals surface area contributed by atoms with Crippen LogP contribution in [0.4, 0.5) is 4.79 Å². The van der Waals surface area contributed by atoms with Crippen LogP contribution in [0.5, 0.6) is 0 Å². The Morgan fingerprint density at radius 2 is 1.64 bits per heavy atom. The van der Waals surface area contributed by atoms with Crippen LogP contribution in [0.15, 0.2) is 23.1 Å². The summed E-state index contributed by atoms with van der Waals surface area (Å²) in [6, 6.07) is 3.02. The predicted octanol–water partition coefficient (Wildman–Crippen LogP) is 5.48. The van der Waals surface area contributed by atoms with Gasteiger partial charge in [0.15, 0.2) is 30.4 Å². The number of ether oxygens (including phenoxy) is 10. The highest BCUT2D eigenvalue weighted by molar-refractivity contribution is 5.94. The van der Waals surface area contributed by atoms with Crippen molar-refractivity contribution in [2.45, 2.75) is 231 Å². The number of carboxylic acid groups (broad SMARTS) is 1. The minimum Gasteiger partial charge on any atom is -0.477 e. The van der Waals surface area contributed by atoms with Crippen molar-refractivity contribution in [1.29, 1.82) is 0 Å². The number of aryl methyl sites for hydroxylation is 1. The van der Waals surface area contributed by atoms with Gasteiger partial charge in [-0.15, -0.1) is 0 Å². The largest absolute Gasteiger partial charge is 0.509 e. The summed E-state index contributed by atoms with van der Waals surface area (Å²) in [4.78, 5) is 70.7. The summed E-state index contributed by atoms with van der Waals surface area (Å²) < 4.78 is 64.9. The third kappa shape index (κ3) is 13.8. The molecule has 0 spiro atoms. The molecule has 0 aliphatic carbocycles. The molecule has 1 aromatic carbocycles. The van der Waals surface area contributed by atoms with Crippen LogP contribution in [0.1, 0.15) is 143 Å². The van der Waals surface area contributed by atoms with Crippen molar-refractivity contribution in [1.82, 2.24) is 19.7 Å². The number of aromatic carboxylic acids is 1. The van der Waals surface area contributed by atoms with Gasteiger partial charge in [0, 0.05) is 61.8 Å². The summed E-state index contributed by atoms with van der Waals surface area (Å²) in [7, 11) is 7.17. The molecule has 7 rings (SSSR count). The van der Waals surface area contributed by atoms with Crippen LogP contribution in [0, 0.1) is 17.8 Å². The van der Waals surface area contributed by atoms with Gasteiger partial charge < -0.3 is 77.5 Å². The fraction of sp³-hybridized carbons (Fsp3) is 0.780.